The predicted octanol–water partition coefficient (Wildman–Crippen LogP) is 4.99. The maximum Gasteiger partial charge on any atom is 0.268 e. The first-order valence-corrected chi connectivity index (χ1v) is 15.5. The third kappa shape index (κ3) is 7.52. The molecule has 1 aliphatic rings. The number of aromatic nitrogens is 1. The van der Waals surface area contributed by atoms with Gasteiger partial charge in [-0.1, -0.05) is 25.0 Å². The molecule has 2 aromatic heterocycles. The highest BCUT2D eigenvalue weighted by molar-refractivity contribution is 7.17. The number of aryl methyl sites for hydroxylation is 1. The Hall–Kier alpha value is -3.17. The Morgan fingerprint density at radius 3 is 2.55 bits per heavy atom. The van der Waals surface area contributed by atoms with Crippen molar-refractivity contribution >= 4 is 45.0 Å². The molecule has 216 valence electrons. The van der Waals surface area contributed by atoms with Gasteiger partial charge in [0.05, 0.1) is 10.2 Å². The Morgan fingerprint density at radius 1 is 1.05 bits per heavy atom. The molecule has 9 heteroatoms. The summed E-state index contributed by atoms with van der Waals surface area (Å²) in [4.78, 5) is 41.3. The van der Waals surface area contributed by atoms with Gasteiger partial charge in [-0.05, 0) is 94.1 Å². The lowest BCUT2D eigenvalue weighted by Gasteiger charge is -2.28. The second-order valence-electron chi connectivity index (χ2n) is 10.8. The van der Waals surface area contributed by atoms with E-state index in [0.29, 0.717) is 18.8 Å². The molecule has 0 aliphatic heterocycles. The smallest absolute Gasteiger partial charge is 0.268 e. The maximum absolute atomic E-state index is 13.5. The number of unbranched alkanes of at least 4 members (excludes halogenated alkanes) is 3. The number of nitrogens with two attached hydrogens (primary N) is 1. The van der Waals surface area contributed by atoms with Gasteiger partial charge >= 0.3 is 0 Å². The Balaban J connectivity index is 1.34. The van der Waals surface area contributed by atoms with Gasteiger partial charge in [-0.3, -0.25) is 14.4 Å². The van der Waals surface area contributed by atoms with E-state index in [2.05, 4.69) is 10.6 Å². The summed E-state index contributed by atoms with van der Waals surface area (Å²) in [7, 11) is 0. The lowest BCUT2D eigenvalue weighted by molar-refractivity contribution is -0.126. The van der Waals surface area contributed by atoms with Gasteiger partial charge in [0.15, 0.2) is 0 Å². The van der Waals surface area contributed by atoms with E-state index in [0.717, 1.165) is 79.4 Å². The number of nitrogens with one attached hydrogen (secondary N) is 2. The van der Waals surface area contributed by atoms with Crippen LogP contribution in [0, 0.1) is 12.8 Å². The molecule has 4 rings (SSSR count). The highest BCUT2D eigenvalue weighted by atomic mass is 32.1. The number of carbonyl (C=O) groups is 3. The normalized spacial score (nSPS) is 17.1. The Morgan fingerprint density at radius 2 is 1.82 bits per heavy atom. The molecular formula is C31H43N5O3S. The topological polar surface area (TPSA) is 109 Å². The molecule has 3 amide bonds. The summed E-state index contributed by atoms with van der Waals surface area (Å²) < 4.78 is 2.83. The second-order valence-corrected chi connectivity index (χ2v) is 11.7. The first-order chi connectivity index (χ1) is 19.4. The Labute approximate surface area is 241 Å². The van der Waals surface area contributed by atoms with Crippen molar-refractivity contribution in [2.45, 2.75) is 77.8 Å². The fraction of sp³-hybridized carbons (Fsp3) is 0.516. The highest BCUT2D eigenvalue weighted by Crippen LogP contribution is 2.28. The van der Waals surface area contributed by atoms with Crippen LogP contribution in [0.25, 0.3) is 10.2 Å². The van der Waals surface area contributed by atoms with Gasteiger partial charge in [0, 0.05) is 30.7 Å². The van der Waals surface area contributed by atoms with Gasteiger partial charge in [-0.2, -0.15) is 0 Å². The SMILES string of the molecule is CCN(C(=O)Cn1c(C(=O)N[C@H]2CC[C@H](C(=O)NCCCCCCN)CC2)cc2sccc21)c1cccc(C)c1. The van der Waals surface area contributed by atoms with E-state index in [1.807, 2.05) is 60.2 Å². The van der Waals surface area contributed by atoms with Crippen LogP contribution in [-0.2, 0) is 16.1 Å². The van der Waals surface area contributed by atoms with Gasteiger partial charge in [0.2, 0.25) is 11.8 Å². The average Bonchev–Trinajstić information content (AvgIpc) is 3.54. The van der Waals surface area contributed by atoms with Crippen molar-refractivity contribution in [2.24, 2.45) is 11.7 Å². The third-order valence-electron chi connectivity index (χ3n) is 7.84. The van der Waals surface area contributed by atoms with Crippen LogP contribution in [0.15, 0.2) is 41.8 Å². The molecule has 3 aromatic rings. The minimum absolute atomic E-state index is 0.00525. The molecule has 4 N–H and O–H groups in total. The van der Waals surface area contributed by atoms with Crippen molar-refractivity contribution < 1.29 is 14.4 Å². The summed E-state index contributed by atoms with van der Waals surface area (Å²) in [5.41, 5.74) is 8.88. The summed E-state index contributed by atoms with van der Waals surface area (Å²) in [6, 6.07) is 11.8. The molecule has 2 heterocycles. The molecule has 40 heavy (non-hydrogen) atoms. The van der Waals surface area contributed by atoms with Gasteiger partial charge < -0.3 is 25.8 Å². The number of hydrogen-bond acceptors (Lipinski definition) is 5. The molecular weight excluding hydrogens is 522 g/mol. The number of amides is 3. The number of thiophene rings is 1. The zero-order valence-electron chi connectivity index (χ0n) is 23.8. The van der Waals surface area contributed by atoms with Gasteiger partial charge in [-0.15, -0.1) is 11.3 Å². The highest BCUT2D eigenvalue weighted by Gasteiger charge is 2.28. The molecule has 8 nitrogen and oxygen atoms in total. The summed E-state index contributed by atoms with van der Waals surface area (Å²) in [5.74, 6) is -0.0899. The second kappa shape index (κ2) is 14.5. The van der Waals surface area contributed by atoms with Crippen molar-refractivity contribution in [2.75, 3.05) is 24.5 Å². The molecule has 0 spiro atoms. The van der Waals surface area contributed by atoms with E-state index < -0.39 is 0 Å². The number of rotatable bonds is 13. The fourth-order valence-electron chi connectivity index (χ4n) is 5.59. The molecule has 1 aromatic carbocycles. The van der Waals surface area contributed by atoms with E-state index in [4.69, 9.17) is 5.73 Å². The molecule has 0 radical (unpaired) electrons. The van der Waals surface area contributed by atoms with Gasteiger partial charge in [-0.25, -0.2) is 0 Å². The van der Waals surface area contributed by atoms with Crippen molar-refractivity contribution in [1.82, 2.24) is 15.2 Å². The Bertz CT molecular complexity index is 1290. The monoisotopic (exact) mass is 565 g/mol. The molecule has 1 saturated carbocycles. The molecule has 1 fully saturated rings. The average molecular weight is 566 g/mol. The van der Waals surface area contributed by atoms with Crippen LogP contribution in [0.3, 0.4) is 0 Å². The van der Waals surface area contributed by atoms with Crippen LogP contribution in [0.5, 0.6) is 0 Å². The lowest BCUT2D eigenvalue weighted by atomic mass is 9.85. The first kappa shape index (κ1) is 29.8. The van der Waals surface area contributed by atoms with Crippen LogP contribution in [0.1, 0.15) is 74.3 Å². The van der Waals surface area contributed by atoms with Crippen LogP contribution in [0.2, 0.25) is 0 Å². The van der Waals surface area contributed by atoms with Crippen LogP contribution < -0.4 is 21.3 Å². The number of carbonyl (C=O) groups excluding carboxylic acids is 3. The summed E-state index contributed by atoms with van der Waals surface area (Å²) in [6.45, 7) is 6.04. The molecule has 1 aliphatic carbocycles. The minimum Gasteiger partial charge on any atom is -0.356 e. The van der Waals surface area contributed by atoms with E-state index in [1.165, 1.54) is 0 Å². The number of likely N-dealkylation sites (N-methyl/N-ethyl adjacent to an activating group) is 1. The minimum atomic E-state index is -0.166. The third-order valence-corrected chi connectivity index (χ3v) is 8.70. The zero-order valence-corrected chi connectivity index (χ0v) is 24.6. The van der Waals surface area contributed by atoms with E-state index in [-0.39, 0.29) is 36.2 Å². The number of benzene rings is 1. The molecule has 0 bridgehead atoms. The fourth-order valence-corrected chi connectivity index (χ4v) is 6.42. The Kier molecular flexibility index (Phi) is 10.8. The quantitative estimate of drug-likeness (QED) is 0.254. The van der Waals surface area contributed by atoms with E-state index in [9.17, 15) is 14.4 Å². The van der Waals surface area contributed by atoms with Crippen molar-refractivity contribution in [3.8, 4) is 0 Å². The van der Waals surface area contributed by atoms with E-state index >= 15 is 0 Å². The number of hydrogen-bond donors (Lipinski definition) is 3. The number of anilines is 1. The summed E-state index contributed by atoms with van der Waals surface area (Å²) in [5, 5.41) is 8.26. The van der Waals surface area contributed by atoms with Crippen molar-refractivity contribution in [3.05, 3.63) is 53.0 Å². The summed E-state index contributed by atoms with van der Waals surface area (Å²) >= 11 is 1.56. The maximum atomic E-state index is 13.5. The van der Waals surface area contributed by atoms with Crippen LogP contribution in [0.4, 0.5) is 5.69 Å². The van der Waals surface area contributed by atoms with E-state index in [1.54, 1.807) is 16.2 Å². The number of nitrogens with zero attached hydrogens (tertiary/aromatic N) is 2. The lowest BCUT2D eigenvalue weighted by Crippen LogP contribution is -2.42. The largest absolute Gasteiger partial charge is 0.356 e. The predicted molar refractivity (Wildman–Crippen MR) is 163 cm³/mol. The number of fused-ring (bicyclic) bond motifs is 1. The molecule has 0 saturated heterocycles. The molecule has 0 unspecified atom stereocenters. The zero-order chi connectivity index (χ0) is 28.5. The van der Waals surface area contributed by atoms with Crippen molar-refractivity contribution in [1.29, 1.82) is 0 Å². The van der Waals surface area contributed by atoms with Gasteiger partial charge in [0.1, 0.15) is 12.2 Å². The summed E-state index contributed by atoms with van der Waals surface area (Å²) in [6.07, 6.45) is 7.28. The first-order valence-electron chi connectivity index (χ1n) is 14.6. The van der Waals surface area contributed by atoms with Crippen molar-refractivity contribution in [3.63, 3.8) is 0 Å². The van der Waals surface area contributed by atoms with Gasteiger partial charge in [0.25, 0.3) is 5.91 Å². The van der Waals surface area contributed by atoms with Crippen LogP contribution >= 0.6 is 11.3 Å². The standard InChI is InChI=1S/C31H43N5O3S/c1-3-35(25-10-8-9-22(2)19-25)29(37)21-36-26-15-18-40-28(26)20-27(36)31(39)34-24-13-11-23(12-14-24)30(38)33-17-7-5-4-6-16-32/h8-10,15,18-20,23-24H,3-7,11-14,16-17,21,32H2,1-2H3,(H,33,38)(H,34,39)/t23-,24-. The molecule has 0 atom stereocenters. The van der Waals surface area contributed by atoms with Crippen LogP contribution in [-0.4, -0.2) is 48.0 Å².